The van der Waals surface area contributed by atoms with Gasteiger partial charge in [-0.3, -0.25) is 9.36 Å². The summed E-state index contributed by atoms with van der Waals surface area (Å²) in [6.07, 6.45) is 3.81. The van der Waals surface area contributed by atoms with Crippen LogP contribution in [0.4, 0.5) is 0 Å². The van der Waals surface area contributed by atoms with E-state index >= 15 is 0 Å². The third-order valence-corrected chi connectivity index (χ3v) is 5.07. The van der Waals surface area contributed by atoms with Gasteiger partial charge < -0.3 is 4.74 Å². The van der Waals surface area contributed by atoms with Crippen LogP contribution in [-0.4, -0.2) is 16.7 Å². The lowest BCUT2D eigenvalue weighted by molar-refractivity contribution is 0.414. The van der Waals surface area contributed by atoms with Crippen LogP contribution < -0.4 is 10.3 Å². The van der Waals surface area contributed by atoms with Crippen molar-refractivity contribution in [3.05, 3.63) is 99.6 Å². The van der Waals surface area contributed by atoms with Crippen molar-refractivity contribution in [2.24, 2.45) is 0 Å². The second-order valence-corrected chi connectivity index (χ2v) is 7.01. The highest BCUT2D eigenvalue weighted by Gasteiger charge is 2.11. The lowest BCUT2D eigenvalue weighted by Gasteiger charge is -2.13. The van der Waals surface area contributed by atoms with Gasteiger partial charge in [-0.25, -0.2) is 4.98 Å². The molecule has 0 spiro atoms. The molecule has 0 atom stereocenters. The predicted octanol–water partition coefficient (Wildman–Crippen LogP) is 5.18. The summed E-state index contributed by atoms with van der Waals surface area (Å²) in [4.78, 5) is 18.1. The van der Waals surface area contributed by atoms with Gasteiger partial charge in [0.2, 0.25) is 0 Å². The predicted molar refractivity (Wildman–Crippen MR) is 119 cm³/mol. The molecule has 3 aromatic carbocycles. The van der Waals surface area contributed by atoms with Crippen LogP contribution in [0.1, 0.15) is 22.5 Å². The second kappa shape index (κ2) is 7.76. The van der Waals surface area contributed by atoms with Crippen LogP contribution in [0, 0.1) is 13.8 Å². The molecular weight excluding hydrogens is 360 g/mol. The van der Waals surface area contributed by atoms with Crippen LogP contribution in [-0.2, 0) is 0 Å². The summed E-state index contributed by atoms with van der Waals surface area (Å²) >= 11 is 0. The molecule has 4 aromatic rings. The van der Waals surface area contributed by atoms with Crippen molar-refractivity contribution in [1.29, 1.82) is 0 Å². The number of benzene rings is 3. The molecule has 0 radical (unpaired) electrons. The number of nitrogens with zero attached hydrogens (tertiary/aromatic N) is 2. The van der Waals surface area contributed by atoms with Crippen LogP contribution in [0.25, 0.3) is 28.7 Å². The van der Waals surface area contributed by atoms with Gasteiger partial charge in [0.15, 0.2) is 0 Å². The summed E-state index contributed by atoms with van der Waals surface area (Å²) < 4.78 is 6.97. The molecule has 0 fully saturated rings. The monoisotopic (exact) mass is 382 g/mol. The Labute approximate surface area is 169 Å². The molecule has 0 aliphatic carbocycles. The van der Waals surface area contributed by atoms with Gasteiger partial charge in [0.1, 0.15) is 11.6 Å². The van der Waals surface area contributed by atoms with E-state index in [0.29, 0.717) is 16.7 Å². The first kappa shape index (κ1) is 18.7. The molecule has 0 N–H and O–H groups in total. The average Bonchev–Trinajstić information content (AvgIpc) is 2.74. The van der Waals surface area contributed by atoms with Crippen LogP contribution in [0.3, 0.4) is 0 Å². The van der Waals surface area contributed by atoms with E-state index in [-0.39, 0.29) is 5.56 Å². The zero-order valence-electron chi connectivity index (χ0n) is 16.7. The number of aryl methyl sites for hydroxylation is 2. The summed E-state index contributed by atoms with van der Waals surface area (Å²) in [5.41, 5.74) is 4.70. The Bertz CT molecular complexity index is 1290. The third kappa shape index (κ3) is 3.69. The lowest BCUT2D eigenvalue weighted by Crippen LogP contribution is -2.22. The standard InChI is InChI=1S/C25H22N2O2/c1-17-11-13-20(15-18(17)2)27-24(14-12-19-7-6-8-21(16-19)29-3)26-23-10-5-4-9-22(23)25(27)28/h4-16H,1-3H3. The molecule has 1 heterocycles. The minimum absolute atomic E-state index is 0.0795. The van der Waals surface area contributed by atoms with E-state index in [0.717, 1.165) is 22.6 Å². The Morgan fingerprint density at radius 1 is 0.897 bits per heavy atom. The summed E-state index contributed by atoms with van der Waals surface area (Å²) in [6, 6.07) is 21.2. The van der Waals surface area contributed by atoms with Crippen molar-refractivity contribution < 1.29 is 4.74 Å². The molecule has 0 bridgehead atoms. The van der Waals surface area contributed by atoms with E-state index in [4.69, 9.17) is 9.72 Å². The quantitative estimate of drug-likeness (QED) is 0.488. The molecule has 4 nitrogen and oxygen atoms in total. The van der Waals surface area contributed by atoms with Gasteiger partial charge in [0, 0.05) is 0 Å². The van der Waals surface area contributed by atoms with Crippen LogP contribution >= 0.6 is 0 Å². The summed E-state index contributed by atoms with van der Waals surface area (Å²) in [6.45, 7) is 4.11. The molecule has 4 heteroatoms. The third-order valence-electron chi connectivity index (χ3n) is 5.07. The molecule has 4 rings (SSSR count). The molecule has 1 aromatic heterocycles. The average molecular weight is 382 g/mol. The van der Waals surface area contributed by atoms with E-state index in [9.17, 15) is 4.79 Å². The van der Waals surface area contributed by atoms with E-state index < -0.39 is 0 Å². The maximum absolute atomic E-state index is 13.3. The Morgan fingerprint density at radius 2 is 1.72 bits per heavy atom. The van der Waals surface area contributed by atoms with Crippen molar-refractivity contribution in [2.45, 2.75) is 13.8 Å². The molecule has 0 amide bonds. The zero-order chi connectivity index (χ0) is 20.4. The van der Waals surface area contributed by atoms with Crippen LogP contribution in [0.15, 0.2) is 71.5 Å². The first-order valence-corrected chi connectivity index (χ1v) is 9.48. The highest BCUT2D eigenvalue weighted by molar-refractivity contribution is 5.80. The van der Waals surface area contributed by atoms with Crippen molar-refractivity contribution in [2.75, 3.05) is 7.11 Å². The first-order chi connectivity index (χ1) is 14.1. The number of ether oxygens (including phenoxy) is 1. The molecule has 0 saturated carbocycles. The minimum Gasteiger partial charge on any atom is -0.497 e. The lowest BCUT2D eigenvalue weighted by atomic mass is 10.1. The van der Waals surface area contributed by atoms with Gasteiger partial charge in [0.05, 0.1) is 23.7 Å². The number of aromatic nitrogens is 2. The Kier molecular flexibility index (Phi) is 5.00. The van der Waals surface area contributed by atoms with Gasteiger partial charge in [-0.05, 0) is 73.0 Å². The zero-order valence-corrected chi connectivity index (χ0v) is 16.7. The molecule has 0 aliphatic heterocycles. The van der Waals surface area contributed by atoms with E-state index in [1.807, 2.05) is 85.8 Å². The van der Waals surface area contributed by atoms with Gasteiger partial charge >= 0.3 is 0 Å². The van der Waals surface area contributed by atoms with E-state index in [1.165, 1.54) is 5.56 Å². The Hall–Kier alpha value is -3.66. The van der Waals surface area contributed by atoms with Gasteiger partial charge in [0.25, 0.3) is 5.56 Å². The maximum atomic E-state index is 13.3. The van der Waals surface area contributed by atoms with Crippen LogP contribution in [0.2, 0.25) is 0 Å². The molecule has 0 unspecified atom stereocenters. The van der Waals surface area contributed by atoms with Crippen molar-refractivity contribution in [1.82, 2.24) is 9.55 Å². The topological polar surface area (TPSA) is 44.1 Å². The van der Waals surface area contributed by atoms with Crippen molar-refractivity contribution in [3.63, 3.8) is 0 Å². The number of hydrogen-bond acceptors (Lipinski definition) is 3. The fourth-order valence-electron chi connectivity index (χ4n) is 3.29. The van der Waals surface area contributed by atoms with Gasteiger partial charge in [-0.1, -0.05) is 36.4 Å². The molecule has 0 saturated heterocycles. The Balaban J connectivity index is 1.92. The second-order valence-electron chi connectivity index (χ2n) is 7.01. The SMILES string of the molecule is COc1cccc(C=Cc2nc3ccccc3c(=O)n2-c2ccc(C)c(C)c2)c1. The van der Waals surface area contributed by atoms with Crippen LogP contribution in [0.5, 0.6) is 5.75 Å². The molecule has 0 aliphatic rings. The van der Waals surface area contributed by atoms with Gasteiger partial charge in [-0.2, -0.15) is 0 Å². The number of fused-ring (bicyclic) bond motifs is 1. The highest BCUT2D eigenvalue weighted by atomic mass is 16.5. The number of para-hydroxylation sites is 1. The van der Waals surface area contributed by atoms with Crippen molar-refractivity contribution >= 4 is 23.1 Å². The molecular formula is C25H22N2O2. The molecule has 29 heavy (non-hydrogen) atoms. The van der Waals surface area contributed by atoms with Crippen molar-refractivity contribution in [3.8, 4) is 11.4 Å². The largest absolute Gasteiger partial charge is 0.497 e. The number of hydrogen-bond donors (Lipinski definition) is 0. The fraction of sp³-hybridized carbons (Fsp3) is 0.120. The van der Waals surface area contributed by atoms with E-state index in [2.05, 4.69) is 6.92 Å². The summed E-state index contributed by atoms with van der Waals surface area (Å²) in [5.74, 6) is 1.37. The highest BCUT2D eigenvalue weighted by Crippen LogP contribution is 2.19. The normalized spacial score (nSPS) is 11.3. The fourth-order valence-corrected chi connectivity index (χ4v) is 3.29. The smallest absolute Gasteiger partial charge is 0.266 e. The molecule has 144 valence electrons. The Morgan fingerprint density at radius 3 is 2.52 bits per heavy atom. The van der Waals surface area contributed by atoms with E-state index in [1.54, 1.807) is 11.7 Å². The first-order valence-electron chi connectivity index (χ1n) is 9.48. The summed E-state index contributed by atoms with van der Waals surface area (Å²) in [7, 11) is 1.64. The maximum Gasteiger partial charge on any atom is 0.266 e. The number of rotatable bonds is 4. The minimum atomic E-state index is -0.0795. The van der Waals surface area contributed by atoms with Gasteiger partial charge in [-0.15, -0.1) is 0 Å². The summed E-state index contributed by atoms with van der Waals surface area (Å²) in [5, 5.41) is 0.601. The number of methoxy groups -OCH3 is 1.